The van der Waals surface area contributed by atoms with Crippen LogP contribution in [0.4, 0.5) is 0 Å². The Morgan fingerprint density at radius 2 is 2.45 bits per heavy atom. The Balaban J connectivity index is 2.46. The first-order valence-electron chi connectivity index (χ1n) is 3.74. The first-order valence-corrected chi connectivity index (χ1v) is 3.74. The molecule has 0 saturated heterocycles. The number of fused-ring (bicyclic) bond motifs is 1. The van der Waals surface area contributed by atoms with E-state index in [9.17, 15) is 0 Å². The van der Waals surface area contributed by atoms with E-state index >= 15 is 0 Å². The van der Waals surface area contributed by atoms with E-state index in [4.69, 9.17) is 0 Å². The third-order valence-electron chi connectivity index (χ3n) is 1.92. The van der Waals surface area contributed by atoms with E-state index in [1.807, 2.05) is 6.07 Å². The molecule has 2 rings (SSSR count). The molecule has 1 nitrogen and oxygen atoms in total. The van der Waals surface area contributed by atoms with Crippen LogP contribution in [0.5, 0.6) is 0 Å². The van der Waals surface area contributed by atoms with Gasteiger partial charge in [-0.3, -0.25) is 0 Å². The average Bonchev–Trinajstić information content (AvgIpc) is 2.04. The van der Waals surface area contributed by atoms with Crippen LogP contribution in [0.2, 0.25) is 0 Å². The van der Waals surface area contributed by atoms with Crippen LogP contribution in [0.3, 0.4) is 0 Å². The summed E-state index contributed by atoms with van der Waals surface area (Å²) in [5.41, 5.74) is 2.68. The van der Waals surface area contributed by atoms with Gasteiger partial charge < -0.3 is 4.90 Å². The van der Waals surface area contributed by atoms with E-state index in [0.29, 0.717) is 0 Å². The molecule has 1 heterocycles. The molecular weight excluding hydrogens is 134 g/mol. The first-order chi connectivity index (χ1) is 5.36. The molecule has 0 aromatic heterocycles. The minimum Gasteiger partial charge on any atom is -0.376 e. The minimum atomic E-state index is 1.00. The second kappa shape index (κ2) is 2.42. The Hall–Kier alpha value is -1.24. The maximum Gasteiger partial charge on any atom is 0.0426 e. The molecule has 0 unspecified atom stereocenters. The fourth-order valence-electron chi connectivity index (χ4n) is 1.31. The largest absolute Gasteiger partial charge is 0.376 e. The van der Waals surface area contributed by atoms with Gasteiger partial charge in [0.2, 0.25) is 0 Å². The number of benzene rings is 1. The van der Waals surface area contributed by atoms with Crippen molar-refractivity contribution in [1.82, 2.24) is 4.90 Å². The summed E-state index contributed by atoms with van der Waals surface area (Å²) in [6, 6.07) is 9.18. The lowest BCUT2D eigenvalue weighted by Gasteiger charge is -2.19. The molecule has 0 atom stereocenters. The maximum atomic E-state index is 3.08. The molecular formula is C10H10N. The lowest BCUT2D eigenvalue weighted by atomic mass is 10.1. The summed E-state index contributed by atoms with van der Waals surface area (Å²) in [6.07, 6.45) is 4.23. The standard InChI is InChI=1S/C10H10N/c1-11-7-6-9-4-2-3-5-10(9)8-11/h2,4-7H,8H2,1H3. The lowest BCUT2D eigenvalue weighted by molar-refractivity contribution is 0.448. The Kier molecular flexibility index (Phi) is 1.42. The highest BCUT2D eigenvalue weighted by Gasteiger charge is 2.04. The van der Waals surface area contributed by atoms with Gasteiger partial charge in [-0.2, -0.15) is 0 Å². The molecule has 0 amide bonds. The number of hydrogen-bond donors (Lipinski definition) is 0. The van der Waals surface area contributed by atoms with Crippen molar-refractivity contribution in [3.8, 4) is 0 Å². The van der Waals surface area contributed by atoms with Gasteiger partial charge in [0.15, 0.2) is 0 Å². The first kappa shape index (κ1) is 6.47. The molecule has 1 aromatic carbocycles. The topological polar surface area (TPSA) is 3.24 Å². The summed E-state index contributed by atoms with van der Waals surface area (Å²) in [5, 5.41) is 0. The predicted molar refractivity (Wildman–Crippen MR) is 45.8 cm³/mol. The normalized spacial score (nSPS) is 14.8. The average molecular weight is 144 g/mol. The second-order valence-electron chi connectivity index (χ2n) is 2.86. The molecule has 1 aromatic rings. The molecule has 1 aliphatic rings. The summed E-state index contributed by atoms with van der Waals surface area (Å²) >= 11 is 0. The van der Waals surface area contributed by atoms with Crippen LogP contribution in [0.25, 0.3) is 6.08 Å². The Labute approximate surface area is 67.0 Å². The van der Waals surface area contributed by atoms with Crippen LogP contribution >= 0.6 is 0 Å². The summed E-state index contributed by atoms with van der Waals surface area (Å²) in [4.78, 5) is 2.16. The highest BCUT2D eigenvalue weighted by molar-refractivity contribution is 5.55. The van der Waals surface area contributed by atoms with Gasteiger partial charge in [-0.25, -0.2) is 0 Å². The van der Waals surface area contributed by atoms with Gasteiger partial charge in [0.25, 0.3) is 0 Å². The molecule has 0 fully saturated rings. The second-order valence-corrected chi connectivity index (χ2v) is 2.86. The third kappa shape index (κ3) is 1.14. The Bertz CT molecular complexity index is 289. The molecule has 1 aliphatic heterocycles. The summed E-state index contributed by atoms with van der Waals surface area (Å²) in [7, 11) is 2.08. The van der Waals surface area contributed by atoms with Crippen molar-refractivity contribution in [2.75, 3.05) is 7.05 Å². The molecule has 0 bridgehead atoms. The van der Waals surface area contributed by atoms with Crippen LogP contribution in [-0.4, -0.2) is 11.9 Å². The Morgan fingerprint density at radius 3 is 3.36 bits per heavy atom. The number of nitrogens with zero attached hydrogens (tertiary/aromatic N) is 1. The fraction of sp³-hybridized carbons (Fsp3) is 0.200. The molecule has 1 radical (unpaired) electrons. The summed E-state index contributed by atoms with van der Waals surface area (Å²) < 4.78 is 0. The summed E-state index contributed by atoms with van der Waals surface area (Å²) in [6.45, 7) is 1.00. The van der Waals surface area contributed by atoms with Crippen molar-refractivity contribution >= 4 is 6.08 Å². The monoisotopic (exact) mass is 144 g/mol. The van der Waals surface area contributed by atoms with Gasteiger partial charge in [-0.15, -0.1) is 0 Å². The minimum absolute atomic E-state index is 1.00. The Morgan fingerprint density at radius 1 is 1.55 bits per heavy atom. The molecule has 0 aliphatic carbocycles. The molecule has 0 spiro atoms. The van der Waals surface area contributed by atoms with Crippen molar-refractivity contribution in [1.29, 1.82) is 0 Å². The van der Waals surface area contributed by atoms with Crippen LogP contribution in [0.15, 0.2) is 24.4 Å². The van der Waals surface area contributed by atoms with Gasteiger partial charge in [-0.05, 0) is 35.5 Å². The van der Waals surface area contributed by atoms with Crippen molar-refractivity contribution in [3.63, 3.8) is 0 Å². The quantitative estimate of drug-likeness (QED) is 0.537. The SMILES string of the molecule is CN1C=Cc2cc[c]cc2C1. The molecule has 11 heavy (non-hydrogen) atoms. The van der Waals surface area contributed by atoms with E-state index in [1.165, 1.54) is 11.1 Å². The zero-order valence-electron chi connectivity index (χ0n) is 6.54. The molecule has 0 N–H and O–H groups in total. The lowest BCUT2D eigenvalue weighted by Crippen LogP contribution is -2.13. The van der Waals surface area contributed by atoms with Crippen molar-refractivity contribution < 1.29 is 0 Å². The van der Waals surface area contributed by atoms with E-state index in [-0.39, 0.29) is 0 Å². The van der Waals surface area contributed by atoms with Gasteiger partial charge in [0.1, 0.15) is 0 Å². The molecule has 55 valence electrons. The van der Waals surface area contributed by atoms with Crippen LogP contribution in [0, 0.1) is 6.07 Å². The third-order valence-corrected chi connectivity index (χ3v) is 1.92. The van der Waals surface area contributed by atoms with E-state index in [2.05, 4.69) is 42.4 Å². The number of hydrogen-bond acceptors (Lipinski definition) is 1. The van der Waals surface area contributed by atoms with Gasteiger partial charge in [0.05, 0.1) is 0 Å². The summed E-state index contributed by atoms with van der Waals surface area (Å²) in [5.74, 6) is 0. The fourth-order valence-corrected chi connectivity index (χ4v) is 1.31. The zero-order chi connectivity index (χ0) is 7.68. The van der Waals surface area contributed by atoms with Crippen molar-refractivity contribution in [3.05, 3.63) is 41.6 Å². The smallest absolute Gasteiger partial charge is 0.0426 e. The highest BCUT2D eigenvalue weighted by atomic mass is 15.1. The molecule has 1 heteroatoms. The maximum absolute atomic E-state index is 3.08. The van der Waals surface area contributed by atoms with Gasteiger partial charge in [0, 0.05) is 13.6 Å². The van der Waals surface area contributed by atoms with Crippen LogP contribution < -0.4 is 0 Å². The highest BCUT2D eigenvalue weighted by Crippen LogP contribution is 2.16. The zero-order valence-corrected chi connectivity index (χ0v) is 6.54. The van der Waals surface area contributed by atoms with Gasteiger partial charge >= 0.3 is 0 Å². The number of rotatable bonds is 0. The van der Waals surface area contributed by atoms with E-state index in [0.717, 1.165) is 6.54 Å². The van der Waals surface area contributed by atoms with Crippen molar-refractivity contribution in [2.24, 2.45) is 0 Å². The van der Waals surface area contributed by atoms with Crippen LogP contribution in [0.1, 0.15) is 11.1 Å². The van der Waals surface area contributed by atoms with E-state index < -0.39 is 0 Å². The van der Waals surface area contributed by atoms with E-state index in [1.54, 1.807) is 0 Å². The van der Waals surface area contributed by atoms with Crippen LogP contribution in [-0.2, 0) is 6.54 Å². The van der Waals surface area contributed by atoms with Gasteiger partial charge in [-0.1, -0.05) is 12.1 Å². The van der Waals surface area contributed by atoms with Crippen molar-refractivity contribution in [2.45, 2.75) is 6.54 Å². The molecule has 0 saturated carbocycles. The predicted octanol–water partition coefficient (Wildman–Crippen LogP) is 1.90.